The zero-order valence-electron chi connectivity index (χ0n) is 9.51. The predicted molar refractivity (Wildman–Crippen MR) is 73.3 cm³/mol. The maximum absolute atomic E-state index is 9.68. The van der Waals surface area contributed by atoms with Gasteiger partial charge in [-0.05, 0) is 23.3 Å². The molecule has 18 heavy (non-hydrogen) atoms. The fraction of sp³-hybridized carbons (Fsp3) is 0.143. The van der Waals surface area contributed by atoms with E-state index in [9.17, 15) is 5.11 Å². The van der Waals surface area contributed by atoms with Crippen LogP contribution in [0.3, 0.4) is 0 Å². The summed E-state index contributed by atoms with van der Waals surface area (Å²) in [4.78, 5) is -0.635. The van der Waals surface area contributed by atoms with Gasteiger partial charge in [-0.25, -0.2) is 0 Å². The fourth-order valence-electron chi connectivity index (χ4n) is 1.52. The minimum Gasteiger partial charge on any atom is -0.504 e. The average Bonchev–Trinajstić information content (AvgIpc) is 2.38. The molecule has 0 aliphatic carbocycles. The molecule has 0 radical (unpaired) electrons. The first-order valence-electron chi connectivity index (χ1n) is 5.44. The highest BCUT2D eigenvalue weighted by Crippen LogP contribution is 2.33. The first-order valence-corrected chi connectivity index (χ1v) is 6.32. The normalized spacial score (nSPS) is 10.6. The molecule has 94 valence electrons. The zero-order chi connectivity index (χ0) is 13.0. The van der Waals surface area contributed by atoms with E-state index >= 15 is 0 Å². The van der Waals surface area contributed by atoms with Crippen molar-refractivity contribution in [2.75, 3.05) is 0 Å². The molecular formula is C14H12Cl2O2. The highest BCUT2D eigenvalue weighted by atomic mass is 35.5. The van der Waals surface area contributed by atoms with Gasteiger partial charge in [-0.1, -0.05) is 36.4 Å². The number of hydrogen-bond donors (Lipinski definition) is 1. The fourth-order valence-corrected chi connectivity index (χ4v) is 1.79. The van der Waals surface area contributed by atoms with Crippen molar-refractivity contribution in [1.29, 1.82) is 0 Å². The van der Waals surface area contributed by atoms with Gasteiger partial charge in [-0.3, -0.25) is 0 Å². The molecule has 0 amide bonds. The molecule has 4 heteroatoms. The number of halogens is 2. The molecule has 0 saturated carbocycles. The number of benzene rings is 2. The van der Waals surface area contributed by atoms with E-state index in [1.165, 1.54) is 6.07 Å². The lowest BCUT2D eigenvalue weighted by Gasteiger charge is -2.10. The van der Waals surface area contributed by atoms with E-state index < -0.39 is 4.84 Å². The van der Waals surface area contributed by atoms with Crippen LogP contribution in [0, 0.1) is 0 Å². The molecule has 0 heterocycles. The quantitative estimate of drug-likeness (QED) is 0.840. The summed E-state index contributed by atoms with van der Waals surface area (Å²) in [5.74, 6) is 0.450. The molecule has 2 aromatic carbocycles. The Bertz CT molecular complexity index is 512. The van der Waals surface area contributed by atoms with Crippen LogP contribution < -0.4 is 4.74 Å². The molecule has 0 bridgehead atoms. The van der Waals surface area contributed by atoms with Gasteiger partial charge < -0.3 is 9.84 Å². The summed E-state index contributed by atoms with van der Waals surface area (Å²) in [6.45, 7) is 0.382. The third kappa shape index (κ3) is 3.31. The number of alkyl halides is 2. The summed E-state index contributed by atoms with van der Waals surface area (Å²) in [5, 5.41) is 9.68. The lowest BCUT2D eigenvalue weighted by Crippen LogP contribution is -1.96. The van der Waals surface area contributed by atoms with Crippen LogP contribution in [0.4, 0.5) is 0 Å². The van der Waals surface area contributed by atoms with Crippen molar-refractivity contribution >= 4 is 23.2 Å². The molecule has 0 spiro atoms. The van der Waals surface area contributed by atoms with Gasteiger partial charge in [0.25, 0.3) is 0 Å². The Morgan fingerprint density at radius 1 is 1.06 bits per heavy atom. The molecule has 0 aromatic heterocycles. The number of hydrogen-bond acceptors (Lipinski definition) is 2. The van der Waals surface area contributed by atoms with Crippen LogP contribution in [-0.2, 0) is 6.61 Å². The third-order valence-corrected chi connectivity index (χ3v) is 2.98. The minimum atomic E-state index is -0.635. The van der Waals surface area contributed by atoms with Crippen molar-refractivity contribution in [3.63, 3.8) is 0 Å². The number of ether oxygens (including phenoxy) is 1. The van der Waals surface area contributed by atoms with Gasteiger partial charge in [0, 0.05) is 0 Å². The van der Waals surface area contributed by atoms with Crippen molar-refractivity contribution in [1.82, 2.24) is 0 Å². The van der Waals surface area contributed by atoms with Gasteiger partial charge in [0.15, 0.2) is 11.5 Å². The Labute approximate surface area is 116 Å². The SMILES string of the molecule is Oc1ccc(C(Cl)Cl)cc1OCc1ccccc1. The number of phenols is 1. The van der Waals surface area contributed by atoms with Crippen LogP contribution >= 0.6 is 23.2 Å². The standard InChI is InChI=1S/C14H12Cl2O2/c15-14(16)11-6-7-12(17)13(8-11)18-9-10-4-2-1-3-5-10/h1-8,14,17H,9H2. The van der Waals surface area contributed by atoms with E-state index in [4.69, 9.17) is 27.9 Å². The van der Waals surface area contributed by atoms with Crippen LogP contribution in [0.15, 0.2) is 48.5 Å². The Morgan fingerprint density at radius 3 is 2.44 bits per heavy atom. The monoisotopic (exact) mass is 282 g/mol. The largest absolute Gasteiger partial charge is 0.504 e. The van der Waals surface area contributed by atoms with E-state index in [0.717, 1.165) is 5.56 Å². The Hall–Kier alpha value is -1.38. The topological polar surface area (TPSA) is 29.5 Å². The molecule has 2 aromatic rings. The van der Waals surface area contributed by atoms with Gasteiger partial charge in [0.05, 0.1) is 0 Å². The highest BCUT2D eigenvalue weighted by Gasteiger charge is 2.09. The molecule has 0 aliphatic heterocycles. The van der Waals surface area contributed by atoms with Gasteiger partial charge >= 0.3 is 0 Å². The van der Waals surface area contributed by atoms with E-state index in [-0.39, 0.29) is 5.75 Å². The molecule has 1 N–H and O–H groups in total. The number of rotatable bonds is 4. The molecule has 0 aliphatic rings. The maximum atomic E-state index is 9.68. The highest BCUT2D eigenvalue weighted by molar-refractivity contribution is 6.44. The summed E-state index contributed by atoms with van der Waals surface area (Å²) in [7, 11) is 0. The first-order chi connectivity index (χ1) is 8.66. The second-order valence-electron chi connectivity index (χ2n) is 3.80. The van der Waals surface area contributed by atoms with Crippen LogP contribution in [0.2, 0.25) is 0 Å². The summed E-state index contributed by atoms with van der Waals surface area (Å²) >= 11 is 11.5. The summed E-state index contributed by atoms with van der Waals surface area (Å²) < 4.78 is 5.55. The third-order valence-electron chi connectivity index (χ3n) is 2.47. The van der Waals surface area contributed by atoms with Crippen LogP contribution in [-0.4, -0.2) is 5.11 Å². The zero-order valence-corrected chi connectivity index (χ0v) is 11.0. The average molecular weight is 283 g/mol. The van der Waals surface area contributed by atoms with Crippen molar-refractivity contribution in [2.24, 2.45) is 0 Å². The van der Waals surface area contributed by atoms with Crippen LogP contribution in [0.5, 0.6) is 11.5 Å². The number of phenolic OH excluding ortho intramolecular Hbond substituents is 1. The molecule has 2 rings (SSSR count). The smallest absolute Gasteiger partial charge is 0.161 e. The molecule has 0 atom stereocenters. The van der Waals surface area contributed by atoms with Gasteiger partial charge in [-0.2, -0.15) is 0 Å². The van der Waals surface area contributed by atoms with E-state index in [0.29, 0.717) is 17.9 Å². The van der Waals surface area contributed by atoms with Crippen LogP contribution in [0.25, 0.3) is 0 Å². The summed E-state index contributed by atoms with van der Waals surface area (Å²) in [6.07, 6.45) is 0. The molecule has 0 saturated heterocycles. The predicted octanol–water partition coefficient (Wildman–Crippen LogP) is 4.45. The lowest BCUT2D eigenvalue weighted by atomic mass is 10.2. The van der Waals surface area contributed by atoms with Crippen LogP contribution in [0.1, 0.15) is 16.0 Å². The van der Waals surface area contributed by atoms with Crippen molar-refractivity contribution in [3.05, 3.63) is 59.7 Å². The Balaban J connectivity index is 2.11. The first kappa shape index (κ1) is 13.1. The van der Waals surface area contributed by atoms with Gasteiger partial charge in [0.1, 0.15) is 11.4 Å². The van der Waals surface area contributed by atoms with Crippen molar-refractivity contribution in [3.8, 4) is 11.5 Å². The molecular weight excluding hydrogens is 271 g/mol. The Morgan fingerprint density at radius 2 is 1.78 bits per heavy atom. The Kier molecular flexibility index (Phi) is 4.34. The molecule has 0 fully saturated rings. The molecule has 2 nitrogen and oxygen atoms in total. The second-order valence-corrected chi connectivity index (χ2v) is 4.90. The van der Waals surface area contributed by atoms with E-state index in [2.05, 4.69) is 0 Å². The van der Waals surface area contributed by atoms with Gasteiger partial charge in [0.2, 0.25) is 0 Å². The lowest BCUT2D eigenvalue weighted by molar-refractivity contribution is 0.289. The van der Waals surface area contributed by atoms with Crippen molar-refractivity contribution in [2.45, 2.75) is 11.4 Å². The minimum absolute atomic E-state index is 0.0728. The maximum Gasteiger partial charge on any atom is 0.161 e. The molecule has 0 unspecified atom stereocenters. The van der Waals surface area contributed by atoms with E-state index in [1.54, 1.807) is 12.1 Å². The number of aromatic hydroxyl groups is 1. The summed E-state index contributed by atoms with van der Waals surface area (Å²) in [6, 6.07) is 14.5. The second kappa shape index (κ2) is 5.98. The van der Waals surface area contributed by atoms with Gasteiger partial charge in [-0.15, -0.1) is 23.2 Å². The van der Waals surface area contributed by atoms with E-state index in [1.807, 2.05) is 30.3 Å². The van der Waals surface area contributed by atoms with Crippen molar-refractivity contribution < 1.29 is 9.84 Å². The summed E-state index contributed by atoms with van der Waals surface area (Å²) in [5.41, 5.74) is 1.72.